The number of hydrazine groups is 1. The van der Waals surface area contributed by atoms with Gasteiger partial charge in [0.15, 0.2) is 0 Å². The van der Waals surface area contributed by atoms with E-state index in [4.69, 9.17) is 10.6 Å². The number of rotatable bonds is 7. The summed E-state index contributed by atoms with van der Waals surface area (Å²) in [5, 5.41) is 0. The third kappa shape index (κ3) is 5.84. The van der Waals surface area contributed by atoms with E-state index < -0.39 is 0 Å². The van der Waals surface area contributed by atoms with E-state index in [9.17, 15) is 0 Å². The van der Waals surface area contributed by atoms with Gasteiger partial charge >= 0.3 is 0 Å². The summed E-state index contributed by atoms with van der Waals surface area (Å²) in [4.78, 5) is 0. The van der Waals surface area contributed by atoms with Gasteiger partial charge in [-0.15, -0.1) is 0 Å². The average Bonchev–Trinajstić information content (AvgIpc) is 2.35. The van der Waals surface area contributed by atoms with Gasteiger partial charge in [0.05, 0.1) is 5.60 Å². The topological polar surface area (TPSA) is 47.3 Å². The highest BCUT2D eigenvalue weighted by Crippen LogP contribution is 2.28. The molecule has 0 spiro atoms. The fraction of sp³-hybridized carbons (Fsp3) is 1.00. The van der Waals surface area contributed by atoms with E-state index >= 15 is 0 Å². The molecule has 0 radical (unpaired) electrons. The van der Waals surface area contributed by atoms with Crippen LogP contribution in [0.4, 0.5) is 0 Å². The molecule has 0 aromatic heterocycles. The Kier molecular flexibility index (Phi) is 6.45. The second kappa shape index (κ2) is 7.34. The maximum absolute atomic E-state index is 5.67. The Morgan fingerprint density at radius 3 is 2.47 bits per heavy atom. The summed E-state index contributed by atoms with van der Waals surface area (Å²) >= 11 is 0. The van der Waals surface area contributed by atoms with E-state index in [1.54, 1.807) is 7.11 Å². The third-order valence-electron chi connectivity index (χ3n) is 4.23. The maximum Gasteiger partial charge on any atom is 0.0623 e. The van der Waals surface area contributed by atoms with Crippen molar-refractivity contribution in [1.82, 2.24) is 5.43 Å². The normalized spacial score (nSPS) is 20.5. The van der Waals surface area contributed by atoms with Crippen molar-refractivity contribution >= 4 is 0 Å². The van der Waals surface area contributed by atoms with Crippen molar-refractivity contribution in [3.8, 4) is 0 Å². The average molecular weight is 242 g/mol. The van der Waals surface area contributed by atoms with Crippen molar-refractivity contribution in [3.63, 3.8) is 0 Å². The smallest absolute Gasteiger partial charge is 0.0623 e. The van der Waals surface area contributed by atoms with Crippen LogP contribution < -0.4 is 11.3 Å². The van der Waals surface area contributed by atoms with Gasteiger partial charge in [-0.2, -0.15) is 0 Å². The molecule has 1 aliphatic rings. The van der Waals surface area contributed by atoms with Gasteiger partial charge in [0, 0.05) is 13.2 Å². The van der Waals surface area contributed by atoms with E-state index in [-0.39, 0.29) is 5.60 Å². The van der Waals surface area contributed by atoms with Gasteiger partial charge in [-0.3, -0.25) is 11.3 Å². The summed E-state index contributed by atoms with van der Waals surface area (Å²) in [6, 6.07) is 0.451. The predicted molar refractivity (Wildman–Crippen MR) is 72.6 cm³/mol. The van der Waals surface area contributed by atoms with E-state index in [2.05, 4.69) is 19.3 Å². The number of hydrogen-bond acceptors (Lipinski definition) is 3. The van der Waals surface area contributed by atoms with Gasteiger partial charge in [0.25, 0.3) is 0 Å². The molecule has 0 aliphatic heterocycles. The maximum atomic E-state index is 5.67. The molecule has 102 valence electrons. The zero-order valence-corrected chi connectivity index (χ0v) is 11.8. The van der Waals surface area contributed by atoms with Crippen LogP contribution >= 0.6 is 0 Å². The molecule has 0 amide bonds. The standard InChI is InChI=1S/C14H30N2O/c1-14(2,17-3)10-9-13(16-15)11-12-7-5-4-6-8-12/h12-13,16H,4-11,15H2,1-3H3. The lowest BCUT2D eigenvalue weighted by Gasteiger charge is -2.29. The van der Waals surface area contributed by atoms with Crippen LogP contribution in [0.3, 0.4) is 0 Å². The minimum atomic E-state index is -0.0261. The summed E-state index contributed by atoms with van der Waals surface area (Å²) in [6.45, 7) is 4.28. The van der Waals surface area contributed by atoms with Gasteiger partial charge in [-0.1, -0.05) is 32.1 Å². The third-order valence-corrected chi connectivity index (χ3v) is 4.23. The first-order chi connectivity index (χ1) is 8.07. The summed E-state index contributed by atoms with van der Waals surface area (Å²) in [5.74, 6) is 6.55. The Labute approximate surface area is 106 Å². The lowest BCUT2D eigenvalue weighted by molar-refractivity contribution is 0.0110. The molecule has 3 nitrogen and oxygen atoms in total. The zero-order chi connectivity index (χ0) is 12.7. The predicted octanol–water partition coefficient (Wildman–Crippen LogP) is 2.99. The van der Waals surface area contributed by atoms with Crippen LogP contribution in [-0.4, -0.2) is 18.8 Å². The monoisotopic (exact) mass is 242 g/mol. The molecule has 0 aromatic rings. The van der Waals surface area contributed by atoms with Gasteiger partial charge in [0.2, 0.25) is 0 Å². The molecule has 1 aliphatic carbocycles. The largest absolute Gasteiger partial charge is 0.379 e. The highest BCUT2D eigenvalue weighted by Gasteiger charge is 2.22. The van der Waals surface area contributed by atoms with Crippen LogP contribution in [0.15, 0.2) is 0 Å². The van der Waals surface area contributed by atoms with E-state index in [1.165, 1.54) is 38.5 Å². The molecule has 3 heteroatoms. The number of nitrogens with one attached hydrogen (secondary N) is 1. The van der Waals surface area contributed by atoms with E-state index in [1.807, 2.05) is 0 Å². The first kappa shape index (κ1) is 14.9. The molecule has 0 heterocycles. The fourth-order valence-electron chi connectivity index (χ4n) is 2.72. The Hall–Kier alpha value is -0.120. The molecular formula is C14H30N2O. The quantitative estimate of drug-likeness (QED) is 0.533. The minimum absolute atomic E-state index is 0.0261. The molecule has 1 saturated carbocycles. The lowest BCUT2D eigenvalue weighted by atomic mass is 9.83. The van der Waals surface area contributed by atoms with Crippen LogP contribution in [0.1, 0.15) is 65.2 Å². The van der Waals surface area contributed by atoms with Crippen LogP contribution in [0, 0.1) is 5.92 Å². The number of hydrogen-bond donors (Lipinski definition) is 2. The van der Waals surface area contributed by atoms with Gasteiger partial charge < -0.3 is 4.74 Å². The van der Waals surface area contributed by atoms with Crippen molar-refractivity contribution in [3.05, 3.63) is 0 Å². The van der Waals surface area contributed by atoms with E-state index in [0.717, 1.165) is 18.8 Å². The van der Waals surface area contributed by atoms with Crippen molar-refractivity contribution in [2.75, 3.05) is 7.11 Å². The molecule has 3 N–H and O–H groups in total. The molecule has 1 fully saturated rings. The molecule has 1 rings (SSSR count). The molecular weight excluding hydrogens is 212 g/mol. The molecule has 1 atom stereocenters. The molecule has 0 saturated heterocycles. The molecule has 0 bridgehead atoms. The van der Waals surface area contributed by atoms with Crippen LogP contribution in [0.25, 0.3) is 0 Å². The van der Waals surface area contributed by atoms with Crippen molar-refractivity contribution in [1.29, 1.82) is 0 Å². The summed E-state index contributed by atoms with van der Waals surface area (Å²) in [5.41, 5.74) is 2.96. The minimum Gasteiger partial charge on any atom is -0.379 e. The SMILES string of the molecule is COC(C)(C)CCC(CC1CCCCC1)NN. The van der Waals surface area contributed by atoms with Gasteiger partial charge in [-0.05, 0) is 39.0 Å². The Balaban J connectivity index is 2.27. The van der Waals surface area contributed by atoms with Crippen molar-refractivity contribution in [2.24, 2.45) is 11.8 Å². The molecule has 17 heavy (non-hydrogen) atoms. The summed E-state index contributed by atoms with van der Waals surface area (Å²) in [6.07, 6.45) is 10.4. The van der Waals surface area contributed by atoms with Gasteiger partial charge in [-0.25, -0.2) is 0 Å². The molecule has 0 aromatic carbocycles. The number of methoxy groups -OCH3 is 1. The van der Waals surface area contributed by atoms with Gasteiger partial charge in [0.1, 0.15) is 0 Å². The van der Waals surface area contributed by atoms with E-state index in [0.29, 0.717) is 6.04 Å². The highest BCUT2D eigenvalue weighted by molar-refractivity contribution is 4.77. The van der Waals surface area contributed by atoms with Crippen LogP contribution in [0.2, 0.25) is 0 Å². The number of nitrogens with two attached hydrogens (primary N) is 1. The highest BCUT2D eigenvalue weighted by atomic mass is 16.5. The Morgan fingerprint density at radius 1 is 1.29 bits per heavy atom. The first-order valence-electron chi connectivity index (χ1n) is 7.08. The Bertz CT molecular complexity index is 200. The first-order valence-corrected chi connectivity index (χ1v) is 7.08. The summed E-state index contributed by atoms with van der Waals surface area (Å²) in [7, 11) is 1.78. The van der Waals surface area contributed by atoms with Crippen molar-refractivity contribution in [2.45, 2.75) is 76.9 Å². The second-order valence-corrected chi connectivity index (χ2v) is 6.11. The lowest BCUT2D eigenvalue weighted by Crippen LogP contribution is -2.38. The Morgan fingerprint density at radius 2 is 1.94 bits per heavy atom. The summed E-state index contributed by atoms with van der Waals surface area (Å²) < 4.78 is 5.45. The fourth-order valence-corrected chi connectivity index (χ4v) is 2.72. The second-order valence-electron chi connectivity index (χ2n) is 6.11. The number of ether oxygens (including phenoxy) is 1. The van der Waals surface area contributed by atoms with Crippen LogP contribution in [0.5, 0.6) is 0 Å². The van der Waals surface area contributed by atoms with Crippen molar-refractivity contribution < 1.29 is 4.74 Å². The molecule has 1 unspecified atom stereocenters. The van der Waals surface area contributed by atoms with Crippen LogP contribution in [-0.2, 0) is 4.74 Å². The zero-order valence-electron chi connectivity index (χ0n) is 11.8.